The molecule has 12 nitrogen and oxygen atoms in total. The molecule has 0 bridgehead atoms. The zero-order valence-corrected chi connectivity index (χ0v) is 23.5. The molecule has 1 aliphatic rings. The number of carbonyl (C=O) groups excluding carboxylic acids is 4. The van der Waals surface area contributed by atoms with Crippen molar-refractivity contribution in [3.63, 3.8) is 0 Å². The summed E-state index contributed by atoms with van der Waals surface area (Å²) in [5, 5.41) is 2.18. The number of barbiturate groups is 1. The number of amides is 4. The first-order valence-corrected chi connectivity index (χ1v) is 12.6. The molecular weight excluding hydrogens is 548 g/mol. The number of methoxy groups -OCH3 is 4. The minimum atomic E-state index is -0.889. The van der Waals surface area contributed by atoms with Gasteiger partial charge in [0.15, 0.2) is 23.0 Å². The molecule has 1 heterocycles. The molecule has 4 rings (SSSR count). The van der Waals surface area contributed by atoms with Crippen LogP contribution in [0, 0.1) is 0 Å². The molecule has 0 spiro atoms. The van der Waals surface area contributed by atoms with Crippen LogP contribution in [0.5, 0.6) is 34.5 Å². The Morgan fingerprint density at radius 1 is 0.833 bits per heavy atom. The van der Waals surface area contributed by atoms with Crippen LogP contribution in [0.3, 0.4) is 0 Å². The second-order valence-corrected chi connectivity index (χ2v) is 8.60. The van der Waals surface area contributed by atoms with E-state index in [0.29, 0.717) is 17.1 Å². The summed E-state index contributed by atoms with van der Waals surface area (Å²) >= 11 is 0. The van der Waals surface area contributed by atoms with Crippen molar-refractivity contribution >= 4 is 35.6 Å². The molecule has 3 aromatic carbocycles. The molecule has 4 amide bonds. The van der Waals surface area contributed by atoms with Gasteiger partial charge in [0, 0.05) is 6.07 Å². The molecule has 0 saturated carbocycles. The molecule has 1 N–H and O–H groups in total. The van der Waals surface area contributed by atoms with Crippen LogP contribution >= 0.6 is 0 Å². The van der Waals surface area contributed by atoms with E-state index in [9.17, 15) is 19.2 Å². The molecule has 1 saturated heterocycles. The van der Waals surface area contributed by atoms with Crippen LogP contribution in [0.2, 0.25) is 0 Å². The number of esters is 1. The van der Waals surface area contributed by atoms with E-state index in [4.69, 9.17) is 28.4 Å². The SMILES string of the molecule is CCOc1cc(/C=C2\C(=O)NC(=O)N(c3cccc(OC)c3)C2=O)ccc1OC(=O)c1cc(OC)c(OC)c(OC)c1. The lowest BCUT2D eigenvalue weighted by atomic mass is 10.1. The first-order valence-electron chi connectivity index (χ1n) is 12.6. The summed E-state index contributed by atoms with van der Waals surface area (Å²) in [6.45, 7) is 1.97. The van der Waals surface area contributed by atoms with Gasteiger partial charge in [0.05, 0.1) is 46.3 Å². The van der Waals surface area contributed by atoms with Crippen LogP contribution in [0.15, 0.2) is 60.2 Å². The van der Waals surface area contributed by atoms with Gasteiger partial charge in [0.2, 0.25) is 5.75 Å². The van der Waals surface area contributed by atoms with Gasteiger partial charge in [0.25, 0.3) is 11.8 Å². The average Bonchev–Trinajstić information content (AvgIpc) is 2.99. The predicted molar refractivity (Wildman–Crippen MR) is 151 cm³/mol. The summed E-state index contributed by atoms with van der Waals surface area (Å²) in [6, 6.07) is 12.8. The van der Waals surface area contributed by atoms with E-state index in [1.807, 2.05) is 0 Å². The first kappa shape index (κ1) is 29.5. The van der Waals surface area contributed by atoms with Crippen molar-refractivity contribution in [3.05, 3.63) is 71.3 Å². The topological polar surface area (TPSA) is 139 Å². The molecule has 3 aromatic rings. The van der Waals surface area contributed by atoms with Crippen molar-refractivity contribution < 1.29 is 47.6 Å². The highest BCUT2D eigenvalue weighted by Crippen LogP contribution is 2.39. The van der Waals surface area contributed by atoms with E-state index in [0.717, 1.165) is 4.90 Å². The third-order valence-electron chi connectivity index (χ3n) is 6.09. The predicted octanol–water partition coefficient (Wildman–Crippen LogP) is 4.01. The third kappa shape index (κ3) is 5.97. The molecular formula is C30H28N2O10. The maximum Gasteiger partial charge on any atom is 0.343 e. The molecule has 0 aromatic heterocycles. The second-order valence-electron chi connectivity index (χ2n) is 8.60. The van der Waals surface area contributed by atoms with E-state index in [1.165, 1.54) is 77.0 Å². The average molecular weight is 577 g/mol. The van der Waals surface area contributed by atoms with Crippen molar-refractivity contribution in [2.75, 3.05) is 39.9 Å². The molecule has 12 heteroatoms. The number of benzene rings is 3. The number of imide groups is 2. The minimum Gasteiger partial charge on any atom is -0.497 e. The zero-order chi connectivity index (χ0) is 30.4. The van der Waals surface area contributed by atoms with Gasteiger partial charge >= 0.3 is 12.0 Å². The van der Waals surface area contributed by atoms with Crippen molar-refractivity contribution in [1.29, 1.82) is 0 Å². The van der Waals surface area contributed by atoms with Gasteiger partial charge in [-0.1, -0.05) is 12.1 Å². The van der Waals surface area contributed by atoms with E-state index in [-0.39, 0.29) is 46.4 Å². The lowest BCUT2D eigenvalue weighted by Gasteiger charge is -2.26. The summed E-state index contributed by atoms with van der Waals surface area (Å²) in [4.78, 5) is 52.4. The molecule has 1 fully saturated rings. The van der Waals surface area contributed by atoms with Gasteiger partial charge in [-0.15, -0.1) is 0 Å². The highest BCUT2D eigenvalue weighted by atomic mass is 16.6. The summed E-state index contributed by atoms with van der Waals surface area (Å²) < 4.78 is 32.4. The normalized spacial score (nSPS) is 13.9. The van der Waals surface area contributed by atoms with Gasteiger partial charge in [0.1, 0.15) is 11.3 Å². The monoisotopic (exact) mass is 576 g/mol. The standard InChI is InChI=1S/C30H28N2O10/c1-6-41-23-13-17(10-11-22(23)42-29(35)18-14-24(38-3)26(40-5)25(15-18)39-4)12-21-27(33)31-30(36)32(28(21)34)19-8-7-9-20(16-19)37-2/h7-16H,6H2,1-5H3,(H,31,33,36)/b21-12+. The smallest absolute Gasteiger partial charge is 0.343 e. The van der Waals surface area contributed by atoms with Gasteiger partial charge < -0.3 is 28.4 Å². The van der Waals surface area contributed by atoms with Crippen molar-refractivity contribution in [2.24, 2.45) is 0 Å². The number of ether oxygens (including phenoxy) is 6. The number of carbonyl (C=O) groups is 4. The Balaban J connectivity index is 1.65. The number of urea groups is 1. The van der Waals surface area contributed by atoms with Crippen LogP contribution in [0.4, 0.5) is 10.5 Å². The second kappa shape index (κ2) is 12.8. The highest BCUT2D eigenvalue weighted by Gasteiger charge is 2.37. The van der Waals surface area contributed by atoms with Gasteiger partial charge in [-0.2, -0.15) is 0 Å². The lowest BCUT2D eigenvalue weighted by molar-refractivity contribution is -0.122. The molecule has 1 aliphatic heterocycles. The van der Waals surface area contributed by atoms with Gasteiger partial charge in [-0.25, -0.2) is 14.5 Å². The maximum absolute atomic E-state index is 13.3. The Morgan fingerprint density at radius 3 is 2.17 bits per heavy atom. The molecule has 0 unspecified atom stereocenters. The third-order valence-corrected chi connectivity index (χ3v) is 6.09. The summed E-state index contributed by atoms with van der Waals surface area (Å²) in [5.74, 6) is -0.864. The van der Waals surface area contributed by atoms with E-state index < -0.39 is 23.8 Å². The molecule has 0 radical (unpaired) electrons. The molecule has 42 heavy (non-hydrogen) atoms. The van der Waals surface area contributed by atoms with E-state index in [1.54, 1.807) is 19.1 Å². The first-order chi connectivity index (χ1) is 20.2. The van der Waals surface area contributed by atoms with Gasteiger partial charge in [-0.05, 0) is 55.0 Å². The molecule has 218 valence electrons. The summed E-state index contributed by atoms with van der Waals surface area (Å²) in [7, 11) is 5.75. The number of hydrogen-bond donors (Lipinski definition) is 1. The number of rotatable bonds is 10. The van der Waals surface area contributed by atoms with Crippen molar-refractivity contribution in [1.82, 2.24) is 5.32 Å². The highest BCUT2D eigenvalue weighted by molar-refractivity contribution is 6.39. The fraction of sp³-hybridized carbons (Fsp3) is 0.200. The van der Waals surface area contributed by atoms with Crippen molar-refractivity contribution in [2.45, 2.75) is 6.92 Å². The minimum absolute atomic E-state index is 0.0883. The Hall–Kier alpha value is -5.52. The Bertz CT molecular complexity index is 1550. The molecule has 0 aliphatic carbocycles. The number of nitrogens with one attached hydrogen (secondary N) is 1. The number of nitrogens with zero attached hydrogens (tertiary/aromatic N) is 1. The van der Waals surface area contributed by atoms with Crippen LogP contribution in [0.25, 0.3) is 6.08 Å². The van der Waals surface area contributed by atoms with Crippen molar-refractivity contribution in [3.8, 4) is 34.5 Å². The Kier molecular flexibility index (Phi) is 8.96. The number of anilines is 1. The number of hydrogen-bond acceptors (Lipinski definition) is 10. The zero-order valence-electron chi connectivity index (χ0n) is 23.5. The van der Waals surface area contributed by atoms with Crippen LogP contribution < -0.4 is 38.6 Å². The van der Waals surface area contributed by atoms with Gasteiger partial charge in [-0.3, -0.25) is 14.9 Å². The van der Waals surface area contributed by atoms with E-state index in [2.05, 4.69) is 5.32 Å². The molecule has 0 atom stereocenters. The van der Waals surface area contributed by atoms with Crippen LogP contribution in [-0.2, 0) is 9.59 Å². The quantitative estimate of drug-likeness (QED) is 0.163. The summed E-state index contributed by atoms with van der Waals surface area (Å²) in [6.07, 6.45) is 1.31. The lowest BCUT2D eigenvalue weighted by Crippen LogP contribution is -2.54. The summed E-state index contributed by atoms with van der Waals surface area (Å²) in [5.41, 5.74) is 0.440. The fourth-order valence-corrected chi connectivity index (χ4v) is 4.13. The van der Waals surface area contributed by atoms with Crippen LogP contribution in [0.1, 0.15) is 22.8 Å². The Labute approximate surface area is 241 Å². The van der Waals surface area contributed by atoms with Crippen LogP contribution in [-0.4, -0.2) is 58.9 Å². The Morgan fingerprint density at radius 2 is 1.55 bits per heavy atom. The van der Waals surface area contributed by atoms with E-state index >= 15 is 0 Å². The fourth-order valence-electron chi connectivity index (χ4n) is 4.13. The maximum atomic E-state index is 13.3. The largest absolute Gasteiger partial charge is 0.497 e.